The first kappa shape index (κ1) is 11.3. The Hall–Kier alpha value is -1.75. The molecule has 0 aliphatic heterocycles. The Morgan fingerprint density at radius 3 is 2.60 bits per heavy atom. The Balaban J connectivity index is 3.23. The maximum atomic E-state index is 10.7. The number of carboxylic acids is 1. The molecule has 0 spiro atoms. The van der Waals surface area contributed by atoms with Gasteiger partial charge in [-0.15, -0.1) is 0 Å². The van der Waals surface area contributed by atoms with Gasteiger partial charge in [0.1, 0.15) is 17.5 Å². The van der Waals surface area contributed by atoms with Crippen molar-refractivity contribution >= 4 is 5.97 Å². The average Bonchev–Trinajstić information content (AvgIpc) is 2.21. The van der Waals surface area contributed by atoms with E-state index in [2.05, 4.69) is 0 Å². The normalized spacial score (nSPS) is 12.2. The number of phenolic OH excluding ortho intramolecular Hbond substituents is 1. The smallest absolute Gasteiger partial charge is 0.325 e. The molecule has 0 fully saturated rings. The minimum atomic E-state index is -1.23. The Morgan fingerprint density at radius 1 is 1.53 bits per heavy atom. The van der Waals surface area contributed by atoms with Crippen LogP contribution in [0.3, 0.4) is 0 Å². The van der Waals surface area contributed by atoms with Gasteiger partial charge in [0.05, 0.1) is 7.11 Å². The zero-order chi connectivity index (χ0) is 11.6. The molecule has 4 N–H and O–H groups in total. The molecule has 0 saturated carbocycles. The Morgan fingerprint density at radius 2 is 2.13 bits per heavy atom. The number of aliphatic carboxylic acids is 1. The fourth-order valence-corrected chi connectivity index (χ4v) is 1.31. The predicted octanol–water partition coefficient (Wildman–Crippen LogP) is 0.794. The van der Waals surface area contributed by atoms with Crippen LogP contribution in [0.15, 0.2) is 12.1 Å². The zero-order valence-electron chi connectivity index (χ0n) is 8.52. The maximum absolute atomic E-state index is 10.7. The second-order valence-corrected chi connectivity index (χ2v) is 3.15. The highest BCUT2D eigenvalue weighted by molar-refractivity contribution is 5.77. The number of benzene rings is 1. The second-order valence-electron chi connectivity index (χ2n) is 3.15. The first-order chi connectivity index (χ1) is 6.99. The van der Waals surface area contributed by atoms with Crippen LogP contribution in [0.25, 0.3) is 0 Å². The molecule has 0 saturated heterocycles. The van der Waals surface area contributed by atoms with Crippen LogP contribution in [-0.4, -0.2) is 23.3 Å². The van der Waals surface area contributed by atoms with Crippen LogP contribution in [0.5, 0.6) is 11.5 Å². The van der Waals surface area contributed by atoms with Gasteiger partial charge in [0.15, 0.2) is 0 Å². The lowest BCUT2D eigenvalue weighted by Gasteiger charge is -2.13. The highest BCUT2D eigenvalue weighted by atomic mass is 16.5. The number of methoxy groups -OCH3 is 1. The molecule has 82 valence electrons. The molecule has 1 atom stereocenters. The SMILES string of the molecule is COc1ccc(C(N)C(=O)O)c(O)c1C. The van der Waals surface area contributed by atoms with Gasteiger partial charge in [-0.3, -0.25) is 4.79 Å². The lowest BCUT2D eigenvalue weighted by atomic mass is 10.0. The summed E-state index contributed by atoms with van der Waals surface area (Å²) in [5.41, 5.74) is 6.06. The predicted molar refractivity (Wildman–Crippen MR) is 54.0 cm³/mol. The lowest BCUT2D eigenvalue weighted by molar-refractivity contribution is -0.138. The van der Waals surface area contributed by atoms with Crippen molar-refractivity contribution < 1.29 is 19.7 Å². The summed E-state index contributed by atoms with van der Waals surface area (Å²) >= 11 is 0. The number of carbonyl (C=O) groups is 1. The van der Waals surface area contributed by atoms with E-state index in [4.69, 9.17) is 15.6 Å². The summed E-state index contributed by atoms with van der Waals surface area (Å²) in [5, 5.41) is 18.4. The quantitative estimate of drug-likeness (QED) is 0.687. The Kier molecular flexibility index (Phi) is 3.16. The molecule has 0 aliphatic carbocycles. The molecule has 1 aromatic carbocycles. The van der Waals surface area contributed by atoms with Crippen LogP contribution in [-0.2, 0) is 4.79 Å². The third-order valence-electron chi connectivity index (χ3n) is 2.23. The number of aromatic hydroxyl groups is 1. The lowest BCUT2D eigenvalue weighted by Crippen LogP contribution is -2.20. The summed E-state index contributed by atoms with van der Waals surface area (Å²) in [6.45, 7) is 1.63. The largest absolute Gasteiger partial charge is 0.507 e. The maximum Gasteiger partial charge on any atom is 0.325 e. The average molecular weight is 211 g/mol. The van der Waals surface area contributed by atoms with Crippen LogP contribution >= 0.6 is 0 Å². The first-order valence-electron chi connectivity index (χ1n) is 4.34. The van der Waals surface area contributed by atoms with Crippen molar-refractivity contribution in [2.45, 2.75) is 13.0 Å². The summed E-state index contributed by atoms with van der Waals surface area (Å²) in [4.78, 5) is 10.7. The van der Waals surface area contributed by atoms with Crippen molar-refractivity contribution in [3.8, 4) is 11.5 Å². The van der Waals surface area contributed by atoms with E-state index in [0.717, 1.165) is 0 Å². The third kappa shape index (κ3) is 2.02. The van der Waals surface area contributed by atoms with Gasteiger partial charge in [0.2, 0.25) is 0 Å². The number of ether oxygens (including phenoxy) is 1. The van der Waals surface area contributed by atoms with Gasteiger partial charge in [-0.25, -0.2) is 0 Å². The number of nitrogens with two attached hydrogens (primary N) is 1. The van der Waals surface area contributed by atoms with Crippen LogP contribution in [0.1, 0.15) is 17.2 Å². The number of hydrogen-bond acceptors (Lipinski definition) is 4. The highest BCUT2D eigenvalue weighted by Gasteiger charge is 2.20. The molecule has 15 heavy (non-hydrogen) atoms. The molecule has 1 rings (SSSR count). The summed E-state index contributed by atoms with van der Waals surface area (Å²) in [6, 6.07) is 1.79. The second kappa shape index (κ2) is 4.18. The van der Waals surface area contributed by atoms with E-state index < -0.39 is 12.0 Å². The highest BCUT2D eigenvalue weighted by Crippen LogP contribution is 2.32. The molecule has 0 aromatic heterocycles. The monoisotopic (exact) mass is 211 g/mol. The van der Waals surface area contributed by atoms with Crippen molar-refractivity contribution in [2.75, 3.05) is 7.11 Å². The number of rotatable bonds is 3. The molecule has 0 radical (unpaired) electrons. The number of hydrogen-bond donors (Lipinski definition) is 3. The van der Waals surface area contributed by atoms with Crippen LogP contribution in [0.4, 0.5) is 0 Å². The summed E-state index contributed by atoms with van der Waals surface area (Å²) < 4.78 is 4.97. The minimum absolute atomic E-state index is 0.135. The Bertz CT molecular complexity index is 389. The van der Waals surface area contributed by atoms with Gasteiger partial charge in [-0.2, -0.15) is 0 Å². The molecule has 1 unspecified atom stereocenters. The topological polar surface area (TPSA) is 92.8 Å². The van der Waals surface area contributed by atoms with Gasteiger partial charge in [0.25, 0.3) is 0 Å². The van der Waals surface area contributed by atoms with Crippen molar-refractivity contribution in [1.29, 1.82) is 0 Å². The molecule has 5 heteroatoms. The molecule has 0 aliphatic rings. The molecular weight excluding hydrogens is 198 g/mol. The summed E-state index contributed by atoms with van der Waals surface area (Å²) in [7, 11) is 1.47. The van der Waals surface area contributed by atoms with Gasteiger partial charge < -0.3 is 20.7 Å². The van der Waals surface area contributed by atoms with E-state index in [0.29, 0.717) is 11.3 Å². The van der Waals surface area contributed by atoms with Crippen molar-refractivity contribution in [1.82, 2.24) is 0 Å². The molecular formula is C10H13NO4. The number of phenols is 1. The Labute approximate surface area is 87.1 Å². The fourth-order valence-electron chi connectivity index (χ4n) is 1.31. The van der Waals surface area contributed by atoms with E-state index in [1.165, 1.54) is 13.2 Å². The van der Waals surface area contributed by atoms with Crippen molar-refractivity contribution in [2.24, 2.45) is 5.73 Å². The van der Waals surface area contributed by atoms with Crippen LogP contribution in [0, 0.1) is 6.92 Å². The van der Waals surface area contributed by atoms with E-state index in [9.17, 15) is 9.90 Å². The molecule has 0 heterocycles. The van der Waals surface area contributed by atoms with Gasteiger partial charge >= 0.3 is 5.97 Å². The van der Waals surface area contributed by atoms with Gasteiger partial charge in [-0.1, -0.05) is 0 Å². The van der Waals surface area contributed by atoms with Crippen LogP contribution < -0.4 is 10.5 Å². The minimum Gasteiger partial charge on any atom is -0.507 e. The van der Waals surface area contributed by atoms with E-state index in [1.807, 2.05) is 0 Å². The van der Waals surface area contributed by atoms with Gasteiger partial charge in [0, 0.05) is 11.1 Å². The fraction of sp³-hybridized carbons (Fsp3) is 0.300. The first-order valence-corrected chi connectivity index (χ1v) is 4.34. The molecule has 5 nitrogen and oxygen atoms in total. The number of carboxylic acid groups (broad SMARTS) is 1. The van der Waals surface area contributed by atoms with E-state index in [-0.39, 0.29) is 11.3 Å². The van der Waals surface area contributed by atoms with Crippen molar-refractivity contribution in [3.63, 3.8) is 0 Å². The zero-order valence-corrected chi connectivity index (χ0v) is 8.52. The third-order valence-corrected chi connectivity index (χ3v) is 2.23. The standard InChI is InChI=1S/C10H13NO4/c1-5-7(15-2)4-3-6(9(5)12)8(11)10(13)14/h3-4,8,12H,11H2,1-2H3,(H,13,14). The van der Waals surface area contributed by atoms with Crippen molar-refractivity contribution in [3.05, 3.63) is 23.3 Å². The van der Waals surface area contributed by atoms with Crippen LogP contribution in [0.2, 0.25) is 0 Å². The molecule has 0 amide bonds. The molecule has 0 bridgehead atoms. The van der Waals surface area contributed by atoms with E-state index >= 15 is 0 Å². The summed E-state index contributed by atoms with van der Waals surface area (Å²) in [6.07, 6.45) is 0. The van der Waals surface area contributed by atoms with E-state index in [1.54, 1.807) is 13.0 Å². The summed E-state index contributed by atoms with van der Waals surface area (Å²) in [5.74, 6) is -0.826. The molecule has 1 aromatic rings. The van der Waals surface area contributed by atoms with Gasteiger partial charge in [-0.05, 0) is 19.1 Å².